The summed E-state index contributed by atoms with van der Waals surface area (Å²) in [5.74, 6) is 0. The summed E-state index contributed by atoms with van der Waals surface area (Å²) in [4.78, 5) is 0. The zero-order chi connectivity index (χ0) is 5.15. The molecule has 0 aliphatic heterocycles. The lowest BCUT2D eigenvalue weighted by Crippen LogP contribution is -1.90. The van der Waals surface area contributed by atoms with Crippen molar-refractivity contribution in [1.29, 1.82) is 0 Å². The summed E-state index contributed by atoms with van der Waals surface area (Å²) in [5, 5.41) is -2.25. The first-order valence-electron chi connectivity index (χ1n) is 1.10. The number of rotatable bonds is 1. The standard InChI is InChI=1S/C2HBrF3/c3-1(4)2(5)6/h1H. The van der Waals surface area contributed by atoms with Crippen LogP contribution in [-0.4, -0.2) is 5.08 Å². The first-order chi connectivity index (χ1) is 2.64. The zero-order valence-electron chi connectivity index (χ0n) is 2.59. The van der Waals surface area contributed by atoms with E-state index in [1.165, 1.54) is 0 Å². The van der Waals surface area contributed by atoms with Gasteiger partial charge in [0.05, 0.1) is 0 Å². The molecule has 0 aromatic rings. The van der Waals surface area contributed by atoms with E-state index in [1.807, 2.05) is 15.9 Å². The molecule has 1 atom stereocenters. The summed E-state index contributed by atoms with van der Waals surface area (Å²) in [7, 11) is 0. The van der Waals surface area contributed by atoms with Gasteiger partial charge in [0.1, 0.15) is 0 Å². The lowest BCUT2D eigenvalue weighted by Gasteiger charge is -1.88. The Morgan fingerprint density at radius 2 is 1.67 bits per heavy atom. The molecule has 0 saturated carbocycles. The molecule has 0 fully saturated rings. The Morgan fingerprint density at radius 1 is 1.50 bits per heavy atom. The Morgan fingerprint density at radius 3 is 1.67 bits per heavy atom. The third-order valence-corrected chi connectivity index (χ3v) is 0.511. The van der Waals surface area contributed by atoms with E-state index < -0.39 is 11.5 Å². The fraction of sp³-hybridized carbons (Fsp3) is 0.500. The van der Waals surface area contributed by atoms with Crippen LogP contribution in [0.1, 0.15) is 0 Å². The summed E-state index contributed by atoms with van der Waals surface area (Å²) >= 11 is 1.98. The molecule has 0 aromatic heterocycles. The van der Waals surface area contributed by atoms with Crippen LogP contribution in [0.5, 0.6) is 0 Å². The third-order valence-electron chi connectivity index (χ3n) is 0.165. The summed E-state index contributed by atoms with van der Waals surface area (Å²) in [6.07, 6.45) is -2.24. The van der Waals surface area contributed by atoms with Gasteiger partial charge in [-0.2, -0.15) is 8.78 Å². The Bertz CT molecular complexity index is 29.8. The van der Waals surface area contributed by atoms with Gasteiger partial charge < -0.3 is 0 Å². The summed E-state index contributed by atoms with van der Waals surface area (Å²) < 4.78 is 32.3. The Hall–Kier alpha value is 0.270. The summed E-state index contributed by atoms with van der Waals surface area (Å²) in [5.41, 5.74) is 0. The molecule has 1 radical (unpaired) electrons. The monoisotopic (exact) mass is 161 g/mol. The maximum atomic E-state index is 11.0. The molecule has 0 spiro atoms. The van der Waals surface area contributed by atoms with Crippen molar-refractivity contribution < 1.29 is 13.2 Å². The molecule has 4 heteroatoms. The van der Waals surface area contributed by atoms with E-state index in [0.717, 1.165) is 0 Å². The highest BCUT2D eigenvalue weighted by molar-refractivity contribution is 9.09. The maximum Gasteiger partial charge on any atom is 0.354 e. The summed E-state index contributed by atoms with van der Waals surface area (Å²) in [6.45, 7) is 0. The first kappa shape index (κ1) is 6.27. The van der Waals surface area contributed by atoms with Crippen molar-refractivity contribution in [2.24, 2.45) is 0 Å². The molecular formula is C2HBrF3. The molecular weight excluding hydrogens is 161 g/mol. The van der Waals surface area contributed by atoms with Crippen molar-refractivity contribution in [2.45, 2.75) is 5.08 Å². The molecule has 0 saturated heterocycles. The second-order valence-corrected chi connectivity index (χ2v) is 1.39. The Kier molecular flexibility index (Phi) is 2.55. The van der Waals surface area contributed by atoms with E-state index in [0.29, 0.717) is 0 Å². The smallest absolute Gasteiger partial charge is 0.228 e. The van der Waals surface area contributed by atoms with E-state index in [1.54, 1.807) is 0 Å². The fourth-order valence-corrected chi connectivity index (χ4v) is 0. The predicted molar refractivity (Wildman–Crippen MR) is 19.3 cm³/mol. The maximum absolute atomic E-state index is 11.0. The second kappa shape index (κ2) is 2.44. The van der Waals surface area contributed by atoms with Crippen LogP contribution >= 0.6 is 15.9 Å². The van der Waals surface area contributed by atoms with Gasteiger partial charge in [-0.05, 0) is 15.9 Å². The Balaban J connectivity index is 2.99. The van der Waals surface area contributed by atoms with Crippen LogP contribution in [-0.2, 0) is 0 Å². The molecule has 0 aliphatic carbocycles. The number of hydrogen-bond donors (Lipinski definition) is 0. The second-order valence-electron chi connectivity index (χ2n) is 0.590. The van der Waals surface area contributed by atoms with Gasteiger partial charge in [-0.25, -0.2) is 4.39 Å². The van der Waals surface area contributed by atoms with E-state index >= 15 is 0 Å². The van der Waals surface area contributed by atoms with Gasteiger partial charge >= 0.3 is 6.43 Å². The van der Waals surface area contributed by atoms with Crippen molar-refractivity contribution in [3.05, 3.63) is 6.43 Å². The normalized spacial score (nSPS) is 15.5. The van der Waals surface area contributed by atoms with Gasteiger partial charge in [-0.1, -0.05) is 0 Å². The number of alkyl halides is 2. The predicted octanol–water partition coefficient (Wildman–Crippen LogP) is 2.11. The number of hydrogen-bond acceptors (Lipinski definition) is 0. The van der Waals surface area contributed by atoms with Crippen LogP contribution in [0.4, 0.5) is 13.2 Å². The minimum absolute atomic E-state index is 1.98. The minimum Gasteiger partial charge on any atom is -0.228 e. The van der Waals surface area contributed by atoms with Crippen molar-refractivity contribution in [3.8, 4) is 0 Å². The van der Waals surface area contributed by atoms with Crippen LogP contribution in [0.3, 0.4) is 0 Å². The van der Waals surface area contributed by atoms with Crippen LogP contribution in [0, 0.1) is 6.43 Å². The molecule has 0 aliphatic rings. The number of halogens is 4. The van der Waals surface area contributed by atoms with E-state index in [-0.39, 0.29) is 0 Å². The van der Waals surface area contributed by atoms with Gasteiger partial charge in [0, 0.05) is 0 Å². The SMILES string of the molecule is F[C](F)C(F)Br. The van der Waals surface area contributed by atoms with Gasteiger partial charge in [0.2, 0.25) is 5.08 Å². The highest BCUT2D eigenvalue weighted by Crippen LogP contribution is 2.18. The van der Waals surface area contributed by atoms with Crippen LogP contribution in [0.25, 0.3) is 0 Å². The van der Waals surface area contributed by atoms with E-state index in [4.69, 9.17) is 0 Å². The molecule has 0 aromatic carbocycles. The van der Waals surface area contributed by atoms with Crippen LogP contribution in [0.15, 0.2) is 0 Å². The molecule has 1 unspecified atom stereocenters. The lowest BCUT2D eigenvalue weighted by molar-refractivity contribution is 0.217. The van der Waals surface area contributed by atoms with E-state index in [9.17, 15) is 13.2 Å². The molecule has 0 amide bonds. The van der Waals surface area contributed by atoms with Crippen molar-refractivity contribution in [2.75, 3.05) is 0 Å². The average Bonchev–Trinajstić information content (AvgIpc) is 1.36. The van der Waals surface area contributed by atoms with Gasteiger partial charge in [-0.3, -0.25) is 0 Å². The molecule has 0 bridgehead atoms. The molecule has 0 rings (SSSR count). The first-order valence-corrected chi connectivity index (χ1v) is 2.02. The van der Waals surface area contributed by atoms with Gasteiger partial charge in [0.25, 0.3) is 0 Å². The lowest BCUT2D eigenvalue weighted by atomic mass is 10.8. The van der Waals surface area contributed by atoms with Crippen LogP contribution in [0.2, 0.25) is 0 Å². The summed E-state index contributed by atoms with van der Waals surface area (Å²) in [6, 6.07) is 0. The van der Waals surface area contributed by atoms with Crippen LogP contribution < -0.4 is 0 Å². The molecule has 6 heavy (non-hydrogen) atoms. The molecule has 37 valence electrons. The van der Waals surface area contributed by atoms with Crippen molar-refractivity contribution in [3.63, 3.8) is 0 Å². The van der Waals surface area contributed by atoms with E-state index in [2.05, 4.69) is 0 Å². The van der Waals surface area contributed by atoms with Crippen molar-refractivity contribution in [1.82, 2.24) is 0 Å². The third kappa shape index (κ3) is 2.50. The van der Waals surface area contributed by atoms with Crippen molar-refractivity contribution >= 4 is 15.9 Å². The zero-order valence-corrected chi connectivity index (χ0v) is 4.18. The quantitative estimate of drug-likeness (QED) is 0.518. The molecule has 0 N–H and O–H groups in total. The van der Waals surface area contributed by atoms with Gasteiger partial charge in [0.15, 0.2) is 0 Å². The molecule has 0 heterocycles. The highest BCUT2D eigenvalue weighted by atomic mass is 79.9. The molecule has 0 nitrogen and oxygen atoms in total. The fourth-order valence-electron chi connectivity index (χ4n) is 0. The highest BCUT2D eigenvalue weighted by Gasteiger charge is 2.16. The average molecular weight is 162 g/mol. The van der Waals surface area contributed by atoms with Gasteiger partial charge in [-0.15, -0.1) is 0 Å². The largest absolute Gasteiger partial charge is 0.354 e. The Labute approximate surface area is 41.5 Å². The minimum atomic E-state index is -2.25. The topological polar surface area (TPSA) is 0 Å².